The summed E-state index contributed by atoms with van der Waals surface area (Å²) in [7, 11) is -3.17. The summed E-state index contributed by atoms with van der Waals surface area (Å²) in [6.07, 6.45) is 7.52. The van der Waals surface area contributed by atoms with Gasteiger partial charge in [-0.3, -0.25) is 4.79 Å². The molecular weight excluding hydrogens is 454 g/mol. The van der Waals surface area contributed by atoms with Crippen LogP contribution < -0.4 is 9.47 Å². The molecule has 0 unspecified atom stereocenters. The molecule has 9 heteroatoms. The molecule has 0 bridgehead atoms. The van der Waals surface area contributed by atoms with Crippen molar-refractivity contribution < 1.29 is 22.7 Å². The van der Waals surface area contributed by atoms with E-state index in [4.69, 9.17) is 9.47 Å². The van der Waals surface area contributed by atoms with Crippen molar-refractivity contribution in [3.63, 3.8) is 0 Å². The summed E-state index contributed by atoms with van der Waals surface area (Å²) in [6.45, 7) is 2.63. The number of nitrogens with zero attached hydrogens (tertiary/aromatic N) is 3. The molecule has 0 atom stereocenters. The van der Waals surface area contributed by atoms with Crippen molar-refractivity contribution in [2.75, 3.05) is 32.5 Å². The number of benzene rings is 1. The SMILES string of the molecule is CS(=O)(=O)N1CCC(CC(=O)N2CCCCCOc3ccccc3Oc3ncccc3C2)CC1. The second-order valence-electron chi connectivity index (χ2n) is 9.05. The molecule has 1 aromatic heterocycles. The maximum absolute atomic E-state index is 13.3. The van der Waals surface area contributed by atoms with E-state index in [9.17, 15) is 13.2 Å². The Morgan fingerprint density at radius 2 is 1.79 bits per heavy atom. The third-order valence-corrected chi connectivity index (χ3v) is 7.76. The summed E-state index contributed by atoms with van der Waals surface area (Å²) in [5, 5.41) is 0. The van der Waals surface area contributed by atoms with E-state index in [1.165, 1.54) is 10.6 Å². The Bertz CT molecular complexity index is 1080. The van der Waals surface area contributed by atoms with E-state index >= 15 is 0 Å². The van der Waals surface area contributed by atoms with Crippen molar-refractivity contribution in [2.45, 2.75) is 45.1 Å². The van der Waals surface area contributed by atoms with Crippen molar-refractivity contribution >= 4 is 15.9 Å². The second kappa shape index (κ2) is 11.2. The molecular formula is C25H33N3O5S. The second-order valence-corrected chi connectivity index (χ2v) is 11.0. The lowest BCUT2D eigenvalue weighted by molar-refractivity contribution is -0.133. The van der Waals surface area contributed by atoms with Gasteiger partial charge in [-0.25, -0.2) is 17.7 Å². The molecule has 1 fully saturated rings. The van der Waals surface area contributed by atoms with Gasteiger partial charge >= 0.3 is 0 Å². The van der Waals surface area contributed by atoms with Crippen LogP contribution in [0, 0.1) is 5.92 Å². The fourth-order valence-electron chi connectivity index (χ4n) is 4.48. The quantitative estimate of drug-likeness (QED) is 0.654. The van der Waals surface area contributed by atoms with Crippen molar-refractivity contribution in [1.82, 2.24) is 14.2 Å². The highest BCUT2D eigenvalue weighted by atomic mass is 32.2. The van der Waals surface area contributed by atoms with Gasteiger partial charge in [-0.15, -0.1) is 0 Å². The zero-order valence-electron chi connectivity index (χ0n) is 19.7. The topological polar surface area (TPSA) is 89.0 Å². The largest absolute Gasteiger partial charge is 0.490 e. The first-order chi connectivity index (χ1) is 16.4. The van der Waals surface area contributed by atoms with E-state index < -0.39 is 10.0 Å². The zero-order chi connectivity index (χ0) is 24.0. The van der Waals surface area contributed by atoms with Gasteiger partial charge in [0.15, 0.2) is 11.5 Å². The number of rotatable bonds is 3. The number of sulfonamides is 1. The average molecular weight is 488 g/mol. The normalized spacial score (nSPS) is 18.8. The maximum atomic E-state index is 13.3. The van der Waals surface area contributed by atoms with Crippen LogP contribution in [0.2, 0.25) is 0 Å². The van der Waals surface area contributed by atoms with Gasteiger partial charge in [0.2, 0.25) is 21.8 Å². The van der Waals surface area contributed by atoms with E-state index in [0.717, 1.165) is 24.8 Å². The van der Waals surface area contributed by atoms with E-state index in [1.54, 1.807) is 6.20 Å². The van der Waals surface area contributed by atoms with Gasteiger partial charge in [-0.1, -0.05) is 18.2 Å². The van der Waals surface area contributed by atoms with Gasteiger partial charge in [0.05, 0.1) is 19.4 Å². The number of para-hydroxylation sites is 2. The highest BCUT2D eigenvalue weighted by molar-refractivity contribution is 7.88. The summed E-state index contributed by atoms with van der Waals surface area (Å²) < 4.78 is 37.2. The number of fused-ring (bicyclic) bond motifs is 2. The van der Waals surface area contributed by atoms with Crippen LogP contribution in [0.5, 0.6) is 17.4 Å². The van der Waals surface area contributed by atoms with Gasteiger partial charge < -0.3 is 14.4 Å². The highest BCUT2D eigenvalue weighted by Gasteiger charge is 2.28. The number of piperidine rings is 1. The number of aromatic nitrogens is 1. The molecule has 0 N–H and O–H groups in total. The minimum atomic E-state index is -3.17. The lowest BCUT2D eigenvalue weighted by Gasteiger charge is -2.31. The van der Waals surface area contributed by atoms with E-state index in [0.29, 0.717) is 69.4 Å². The summed E-state index contributed by atoms with van der Waals surface area (Å²) in [5.41, 5.74) is 0.844. The van der Waals surface area contributed by atoms with Crippen LogP contribution in [0.3, 0.4) is 0 Å². The van der Waals surface area contributed by atoms with Crippen LogP contribution >= 0.6 is 0 Å². The molecule has 0 spiro atoms. The molecule has 0 radical (unpaired) electrons. The Hall–Kier alpha value is -2.65. The lowest BCUT2D eigenvalue weighted by atomic mass is 9.94. The zero-order valence-corrected chi connectivity index (χ0v) is 20.5. The first-order valence-corrected chi connectivity index (χ1v) is 13.8. The Morgan fingerprint density at radius 3 is 2.56 bits per heavy atom. The molecule has 1 amide bonds. The van der Waals surface area contributed by atoms with Crippen molar-refractivity contribution in [1.29, 1.82) is 0 Å². The number of carbonyl (C=O) groups is 1. The summed E-state index contributed by atoms with van der Waals surface area (Å²) in [5.74, 6) is 2.06. The summed E-state index contributed by atoms with van der Waals surface area (Å²) in [6, 6.07) is 11.4. The van der Waals surface area contributed by atoms with Crippen LogP contribution in [0.15, 0.2) is 42.6 Å². The van der Waals surface area contributed by atoms with Gasteiger partial charge in [0.25, 0.3) is 0 Å². The Morgan fingerprint density at radius 1 is 1.03 bits per heavy atom. The fourth-order valence-corrected chi connectivity index (χ4v) is 5.35. The van der Waals surface area contributed by atoms with E-state index in [1.807, 2.05) is 41.3 Å². The van der Waals surface area contributed by atoms with Crippen LogP contribution in [-0.4, -0.2) is 61.0 Å². The Labute approximate surface area is 201 Å². The van der Waals surface area contributed by atoms with Crippen molar-refractivity contribution in [3.8, 4) is 17.4 Å². The number of ether oxygens (including phenoxy) is 2. The molecule has 2 aromatic rings. The highest BCUT2D eigenvalue weighted by Crippen LogP contribution is 2.33. The van der Waals surface area contributed by atoms with E-state index in [-0.39, 0.29) is 11.8 Å². The predicted octanol–water partition coefficient (Wildman–Crippen LogP) is 3.83. The predicted molar refractivity (Wildman–Crippen MR) is 129 cm³/mol. The monoisotopic (exact) mass is 487 g/mol. The van der Waals surface area contributed by atoms with Crippen molar-refractivity contribution in [2.24, 2.45) is 5.92 Å². The summed E-state index contributed by atoms with van der Waals surface area (Å²) in [4.78, 5) is 19.7. The van der Waals surface area contributed by atoms with Crippen LogP contribution in [0.1, 0.15) is 44.1 Å². The number of hydrogen-bond acceptors (Lipinski definition) is 6. The minimum Gasteiger partial charge on any atom is -0.490 e. The Balaban J connectivity index is 1.48. The lowest BCUT2D eigenvalue weighted by Crippen LogP contribution is -2.40. The molecule has 8 nitrogen and oxygen atoms in total. The summed E-state index contributed by atoms with van der Waals surface area (Å²) >= 11 is 0. The molecule has 34 heavy (non-hydrogen) atoms. The molecule has 2 aliphatic heterocycles. The first kappa shape index (κ1) is 24.5. The van der Waals surface area contributed by atoms with Gasteiger partial charge in [0.1, 0.15) is 0 Å². The average Bonchev–Trinajstić information content (AvgIpc) is 2.83. The number of pyridine rings is 1. The molecule has 184 valence electrons. The van der Waals surface area contributed by atoms with Crippen LogP contribution in [0.4, 0.5) is 0 Å². The van der Waals surface area contributed by atoms with E-state index in [2.05, 4.69) is 4.98 Å². The molecule has 0 saturated carbocycles. The molecule has 1 aromatic carbocycles. The number of amides is 1. The van der Waals surface area contributed by atoms with Gasteiger partial charge in [-0.05, 0) is 56.2 Å². The van der Waals surface area contributed by atoms with Gasteiger partial charge in [-0.2, -0.15) is 0 Å². The molecule has 3 heterocycles. The molecule has 4 rings (SSSR count). The van der Waals surface area contributed by atoms with Crippen LogP contribution in [0.25, 0.3) is 0 Å². The van der Waals surface area contributed by atoms with Crippen LogP contribution in [-0.2, 0) is 21.4 Å². The minimum absolute atomic E-state index is 0.0964. The first-order valence-electron chi connectivity index (χ1n) is 12.0. The van der Waals surface area contributed by atoms with Crippen molar-refractivity contribution in [3.05, 3.63) is 48.2 Å². The standard InChI is InChI=1S/C25H33N3O5S/c1-34(30,31)28-15-11-20(12-16-28)18-24(29)27-14-5-2-6-17-32-22-9-3-4-10-23(22)33-25-21(19-27)8-7-13-26-25/h3-4,7-10,13,20H,2,5-6,11-12,14-19H2,1H3. The fraction of sp³-hybridized carbons (Fsp3) is 0.520. The van der Waals surface area contributed by atoms with Gasteiger partial charge in [0, 0.05) is 37.8 Å². The molecule has 0 aliphatic carbocycles. The maximum Gasteiger partial charge on any atom is 0.224 e. The third-order valence-electron chi connectivity index (χ3n) is 6.46. The number of carbonyl (C=O) groups excluding carboxylic acids is 1. The third kappa shape index (κ3) is 6.48. The number of hydrogen-bond donors (Lipinski definition) is 0. The molecule has 2 aliphatic rings. The molecule has 1 saturated heterocycles. The smallest absolute Gasteiger partial charge is 0.224 e. The Kier molecular flexibility index (Phi) is 8.05.